The molecule has 0 radical (unpaired) electrons. The van der Waals surface area contributed by atoms with E-state index in [1.165, 1.54) is 20.2 Å². The van der Waals surface area contributed by atoms with Crippen LogP contribution in [0.5, 0.6) is 17.2 Å². The second-order valence-electron chi connectivity index (χ2n) is 7.17. The molecule has 31 heavy (non-hydrogen) atoms. The lowest BCUT2D eigenvalue weighted by Gasteiger charge is -2.10. The van der Waals surface area contributed by atoms with Crippen molar-refractivity contribution in [2.45, 2.75) is 28.2 Å². The second kappa shape index (κ2) is 9.73. The number of aliphatic hydroxyl groups excluding tert-OH is 1. The zero-order chi connectivity index (χ0) is 21.6. The Morgan fingerprint density at radius 1 is 0.613 bits per heavy atom. The molecule has 156 valence electrons. The molecule has 0 aliphatic rings. The molecule has 4 aromatic rings. The van der Waals surface area contributed by atoms with Gasteiger partial charge in [0.05, 0.1) is 24.6 Å². The number of benzene rings is 4. The van der Waals surface area contributed by atoms with Crippen LogP contribution in [0.2, 0.25) is 0 Å². The summed E-state index contributed by atoms with van der Waals surface area (Å²) < 4.78 is 11.3. The molecule has 0 bridgehead atoms. The maximum atomic E-state index is 9.40. The topological polar surface area (TPSA) is 38.7 Å². The largest absolute Gasteiger partial charge is 0.497 e. The van der Waals surface area contributed by atoms with E-state index in [4.69, 9.17) is 9.47 Å². The maximum Gasteiger partial charge on any atom is 0.166 e. The van der Waals surface area contributed by atoms with Crippen LogP contribution in [0.3, 0.4) is 0 Å². The Kier molecular flexibility index (Phi) is 6.60. The molecule has 1 atom stereocenters. The highest BCUT2D eigenvalue weighted by Crippen LogP contribution is 2.34. The Bertz CT molecular complexity index is 1060. The Balaban J connectivity index is 1.65. The van der Waals surface area contributed by atoms with Gasteiger partial charge in [-0.25, -0.2) is 0 Å². The molecule has 0 heterocycles. The van der Waals surface area contributed by atoms with Crippen molar-refractivity contribution in [2.24, 2.45) is 0 Å². The standard InChI is InChI=1S/C27H25O3S/c1-20-3-7-23(8-4-20)30-24-11-17-27(18-12-24)31(25-13-5-21(19-28)6-14-25)26-15-9-22(29-2)10-16-26/h3-18,28H,19H2,1-2H3/q+1. The summed E-state index contributed by atoms with van der Waals surface area (Å²) in [5.41, 5.74) is 2.11. The predicted octanol–water partition coefficient (Wildman–Crippen LogP) is 6.38. The van der Waals surface area contributed by atoms with Gasteiger partial charge in [-0.1, -0.05) is 29.8 Å². The smallest absolute Gasteiger partial charge is 0.166 e. The molecule has 0 fully saturated rings. The third kappa shape index (κ3) is 5.10. The van der Waals surface area contributed by atoms with Gasteiger partial charge in [0.15, 0.2) is 14.7 Å². The number of aryl methyl sites for hydroxylation is 1. The van der Waals surface area contributed by atoms with E-state index in [1.54, 1.807) is 7.11 Å². The molecule has 3 nitrogen and oxygen atoms in total. The molecule has 1 unspecified atom stereocenters. The van der Waals surface area contributed by atoms with Crippen LogP contribution in [0.25, 0.3) is 0 Å². The van der Waals surface area contributed by atoms with Gasteiger partial charge >= 0.3 is 0 Å². The number of aliphatic hydroxyl groups is 1. The molecule has 0 saturated heterocycles. The summed E-state index contributed by atoms with van der Waals surface area (Å²) in [5, 5.41) is 9.40. The molecule has 0 amide bonds. The molecule has 4 heteroatoms. The molecule has 0 spiro atoms. The van der Waals surface area contributed by atoms with Gasteiger partial charge in [0.2, 0.25) is 0 Å². The van der Waals surface area contributed by atoms with Crippen molar-refractivity contribution in [1.29, 1.82) is 0 Å². The third-order valence-corrected chi connectivity index (χ3v) is 7.18. The van der Waals surface area contributed by atoms with E-state index in [9.17, 15) is 5.11 Å². The van der Waals surface area contributed by atoms with Crippen LogP contribution in [0.15, 0.2) is 112 Å². The average Bonchev–Trinajstić information content (AvgIpc) is 2.83. The van der Waals surface area contributed by atoms with Crippen molar-refractivity contribution in [2.75, 3.05) is 7.11 Å². The van der Waals surface area contributed by atoms with E-state index in [-0.39, 0.29) is 17.5 Å². The highest BCUT2D eigenvalue weighted by atomic mass is 32.2. The number of rotatable bonds is 7. The van der Waals surface area contributed by atoms with Crippen LogP contribution in [0.4, 0.5) is 0 Å². The Hall–Kier alpha value is -3.21. The Labute approximate surface area is 186 Å². The van der Waals surface area contributed by atoms with Gasteiger partial charge in [0.25, 0.3) is 0 Å². The van der Waals surface area contributed by atoms with Crippen molar-refractivity contribution in [3.63, 3.8) is 0 Å². The minimum Gasteiger partial charge on any atom is -0.497 e. The van der Waals surface area contributed by atoms with E-state index >= 15 is 0 Å². The van der Waals surface area contributed by atoms with Crippen molar-refractivity contribution in [3.05, 3.63) is 108 Å². The van der Waals surface area contributed by atoms with E-state index in [0.29, 0.717) is 0 Å². The zero-order valence-electron chi connectivity index (χ0n) is 17.6. The quantitative estimate of drug-likeness (QED) is 0.346. The summed E-state index contributed by atoms with van der Waals surface area (Å²) in [4.78, 5) is 3.58. The molecule has 1 N–H and O–H groups in total. The molecule has 4 aromatic carbocycles. The highest BCUT2D eigenvalue weighted by molar-refractivity contribution is 7.97. The lowest BCUT2D eigenvalue weighted by molar-refractivity contribution is 0.282. The van der Waals surface area contributed by atoms with Gasteiger partial charge in [-0.2, -0.15) is 0 Å². The molecular formula is C27H25O3S+. The van der Waals surface area contributed by atoms with Crippen LogP contribution in [-0.4, -0.2) is 12.2 Å². The van der Waals surface area contributed by atoms with Crippen LogP contribution >= 0.6 is 0 Å². The first-order valence-electron chi connectivity index (χ1n) is 10.1. The number of hydrogen-bond acceptors (Lipinski definition) is 3. The average molecular weight is 430 g/mol. The first-order chi connectivity index (χ1) is 15.2. The maximum absolute atomic E-state index is 9.40. The van der Waals surface area contributed by atoms with Gasteiger partial charge in [-0.3, -0.25) is 0 Å². The van der Waals surface area contributed by atoms with E-state index < -0.39 is 0 Å². The first kappa shape index (κ1) is 21.0. The minimum absolute atomic E-state index is 0.0433. The summed E-state index contributed by atoms with van der Waals surface area (Å²) in [6.45, 7) is 2.10. The van der Waals surface area contributed by atoms with Crippen LogP contribution < -0.4 is 9.47 Å². The Morgan fingerprint density at radius 3 is 1.48 bits per heavy atom. The van der Waals surface area contributed by atoms with Gasteiger partial charge < -0.3 is 14.6 Å². The fourth-order valence-corrected chi connectivity index (χ4v) is 5.28. The SMILES string of the molecule is COc1ccc([S+](c2ccc(CO)cc2)c2ccc(Oc3ccc(C)cc3)cc2)cc1. The van der Waals surface area contributed by atoms with Gasteiger partial charge in [0, 0.05) is 0 Å². The van der Waals surface area contributed by atoms with Crippen LogP contribution in [0, 0.1) is 6.92 Å². The van der Waals surface area contributed by atoms with E-state index in [2.05, 4.69) is 43.3 Å². The number of ether oxygens (including phenoxy) is 2. The third-order valence-electron chi connectivity index (χ3n) is 4.95. The monoisotopic (exact) mass is 429 g/mol. The van der Waals surface area contributed by atoms with Gasteiger partial charge in [-0.05, 0) is 85.3 Å². The van der Waals surface area contributed by atoms with Crippen LogP contribution in [0.1, 0.15) is 11.1 Å². The van der Waals surface area contributed by atoms with Crippen LogP contribution in [-0.2, 0) is 17.5 Å². The summed E-state index contributed by atoms with van der Waals surface area (Å²) in [5.74, 6) is 2.47. The molecule has 0 aliphatic carbocycles. The van der Waals surface area contributed by atoms with Gasteiger partial charge in [-0.15, -0.1) is 0 Å². The molecule has 0 aliphatic heterocycles. The van der Waals surface area contributed by atoms with Crippen molar-refractivity contribution in [3.8, 4) is 17.2 Å². The highest BCUT2D eigenvalue weighted by Gasteiger charge is 2.28. The van der Waals surface area contributed by atoms with E-state index in [0.717, 1.165) is 22.8 Å². The first-order valence-corrected chi connectivity index (χ1v) is 11.3. The zero-order valence-corrected chi connectivity index (χ0v) is 18.4. The summed E-state index contributed by atoms with van der Waals surface area (Å²) >= 11 is 0. The van der Waals surface area contributed by atoms with Crippen molar-refractivity contribution in [1.82, 2.24) is 0 Å². The lowest BCUT2D eigenvalue weighted by atomic mass is 10.2. The molecule has 4 rings (SSSR count). The van der Waals surface area contributed by atoms with Crippen molar-refractivity contribution < 1.29 is 14.6 Å². The number of hydrogen-bond donors (Lipinski definition) is 1. The fourth-order valence-electron chi connectivity index (χ4n) is 3.24. The summed E-state index contributed by atoms with van der Waals surface area (Å²) in [7, 11) is 1.39. The summed E-state index contributed by atoms with van der Waals surface area (Å²) in [6, 6.07) is 32.7. The fraction of sp³-hybridized carbons (Fsp3) is 0.111. The normalized spacial score (nSPS) is 11.7. The minimum atomic E-state index is -0.286. The lowest BCUT2D eigenvalue weighted by Crippen LogP contribution is -2.05. The van der Waals surface area contributed by atoms with Crippen molar-refractivity contribution >= 4 is 10.9 Å². The van der Waals surface area contributed by atoms with Gasteiger partial charge in [0.1, 0.15) is 17.2 Å². The molecule has 0 aromatic heterocycles. The molecule has 0 saturated carbocycles. The number of methoxy groups -OCH3 is 1. The summed E-state index contributed by atoms with van der Waals surface area (Å²) in [6.07, 6.45) is 0. The Morgan fingerprint density at radius 2 is 1.03 bits per heavy atom. The predicted molar refractivity (Wildman–Crippen MR) is 125 cm³/mol. The molecular weight excluding hydrogens is 404 g/mol. The van der Waals surface area contributed by atoms with E-state index in [1.807, 2.05) is 60.7 Å². The second-order valence-corrected chi connectivity index (χ2v) is 9.20.